The number of ether oxygens (including phenoxy) is 1. The maximum Gasteiger partial charge on any atom is 0.219 e. The standard InChI is InChI=1S/C16H18BrClN2O/c1-10(2)19-9-15-14(18)6-7-16(20-15)21-12-4-5-13(17)11(3)8-12/h4-8,10,19H,9H2,1-3H3. The molecule has 1 N–H and O–H groups in total. The molecule has 0 radical (unpaired) electrons. The highest BCUT2D eigenvalue weighted by Crippen LogP contribution is 2.26. The number of aryl methyl sites for hydroxylation is 1. The Morgan fingerprint density at radius 1 is 1.29 bits per heavy atom. The normalized spacial score (nSPS) is 11.0. The molecular formula is C16H18BrClN2O. The fraction of sp³-hybridized carbons (Fsp3) is 0.312. The van der Waals surface area contributed by atoms with Crippen molar-refractivity contribution in [2.24, 2.45) is 0 Å². The molecule has 0 aliphatic rings. The zero-order valence-corrected chi connectivity index (χ0v) is 14.6. The molecular weight excluding hydrogens is 352 g/mol. The average Bonchev–Trinajstić information content (AvgIpc) is 2.43. The maximum atomic E-state index is 6.16. The Morgan fingerprint density at radius 3 is 2.71 bits per heavy atom. The predicted molar refractivity (Wildman–Crippen MR) is 90.2 cm³/mol. The number of halogens is 2. The third-order valence-electron chi connectivity index (χ3n) is 2.92. The molecule has 0 saturated carbocycles. The van der Waals surface area contributed by atoms with Crippen LogP contribution in [0, 0.1) is 6.92 Å². The second-order valence-corrected chi connectivity index (χ2v) is 6.39. The van der Waals surface area contributed by atoms with Gasteiger partial charge in [0.05, 0.1) is 10.7 Å². The van der Waals surface area contributed by atoms with Crippen LogP contribution in [0.15, 0.2) is 34.8 Å². The van der Waals surface area contributed by atoms with Crippen LogP contribution in [0.25, 0.3) is 0 Å². The molecule has 0 aliphatic heterocycles. The van der Waals surface area contributed by atoms with E-state index in [4.69, 9.17) is 16.3 Å². The van der Waals surface area contributed by atoms with Crippen LogP contribution < -0.4 is 10.1 Å². The second kappa shape index (κ2) is 7.25. The lowest BCUT2D eigenvalue weighted by atomic mass is 10.2. The van der Waals surface area contributed by atoms with Crippen LogP contribution in [0.2, 0.25) is 5.02 Å². The predicted octanol–water partition coefficient (Wildman–Crippen LogP) is 5.10. The van der Waals surface area contributed by atoms with E-state index in [1.54, 1.807) is 6.07 Å². The van der Waals surface area contributed by atoms with Gasteiger partial charge in [0.2, 0.25) is 5.88 Å². The van der Waals surface area contributed by atoms with Crippen LogP contribution in [-0.4, -0.2) is 11.0 Å². The highest BCUT2D eigenvalue weighted by atomic mass is 79.9. The second-order valence-electron chi connectivity index (χ2n) is 5.13. The van der Waals surface area contributed by atoms with E-state index in [0.717, 1.165) is 21.5 Å². The van der Waals surface area contributed by atoms with Crippen LogP contribution in [0.3, 0.4) is 0 Å². The third-order valence-corrected chi connectivity index (χ3v) is 4.16. The van der Waals surface area contributed by atoms with Gasteiger partial charge in [-0.25, -0.2) is 4.98 Å². The van der Waals surface area contributed by atoms with Crippen LogP contribution in [-0.2, 0) is 6.54 Å². The molecule has 1 aromatic carbocycles. The van der Waals surface area contributed by atoms with Crippen molar-refractivity contribution in [1.82, 2.24) is 10.3 Å². The van der Waals surface area contributed by atoms with Crippen LogP contribution in [0.4, 0.5) is 0 Å². The topological polar surface area (TPSA) is 34.1 Å². The lowest BCUT2D eigenvalue weighted by Gasteiger charge is -2.11. The average molecular weight is 370 g/mol. The molecule has 0 fully saturated rings. The molecule has 0 saturated heterocycles. The Morgan fingerprint density at radius 2 is 2.05 bits per heavy atom. The first kappa shape index (κ1) is 16.3. The van der Waals surface area contributed by atoms with Gasteiger partial charge in [-0.05, 0) is 36.8 Å². The molecule has 3 nitrogen and oxygen atoms in total. The van der Waals surface area contributed by atoms with Crippen LogP contribution >= 0.6 is 27.5 Å². The Bertz CT molecular complexity index is 632. The van der Waals surface area contributed by atoms with Gasteiger partial charge in [-0.3, -0.25) is 0 Å². The summed E-state index contributed by atoms with van der Waals surface area (Å²) in [5.74, 6) is 1.30. The monoisotopic (exact) mass is 368 g/mol. The molecule has 1 aromatic heterocycles. The summed E-state index contributed by atoms with van der Waals surface area (Å²) in [5, 5.41) is 3.94. The number of nitrogens with zero attached hydrogens (tertiary/aromatic N) is 1. The van der Waals surface area contributed by atoms with Crippen LogP contribution in [0.1, 0.15) is 25.1 Å². The van der Waals surface area contributed by atoms with E-state index >= 15 is 0 Å². The SMILES string of the molecule is Cc1cc(Oc2ccc(Cl)c(CNC(C)C)n2)ccc1Br. The molecule has 0 amide bonds. The fourth-order valence-corrected chi connectivity index (χ4v) is 2.17. The summed E-state index contributed by atoms with van der Waals surface area (Å²) in [7, 11) is 0. The van der Waals surface area contributed by atoms with Gasteiger partial charge < -0.3 is 10.1 Å². The summed E-state index contributed by atoms with van der Waals surface area (Å²) in [5.41, 5.74) is 1.90. The highest BCUT2D eigenvalue weighted by molar-refractivity contribution is 9.10. The summed E-state index contributed by atoms with van der Waals surface area (Å²) in [6.07, 6.45) is 0. The van der Waals surface area contributed by atoms with Gasteiger partial charge in [-0.15, -0.1) is 0 Å². The molecule has 1 heterocycles. The van der Waals surface area contributed by atoms with Gasteiger partial charge in [0, 0.05) is 23.1 Å². The summed E-state index contributed by atoms with van der Waals surface area (Å²) in [6.45, 7) is 6.80. The van der Waals surface area contributed by atoms with E-state index in [2.05, 4.69) is 40.1 Å². The third kappa shape index (κ3) is 4.70. The highest BCUT2D eigenvalue weighted by Gasteiger charge is 2.07. The van der Waals surface area contributed by atoms with Crippen molar-refractivity contribution in [2.75, 3.05) is 0 Å². The Balaban J connectivity index is 2.16. The fourth-order valence-electron chi connectivity index (χ4n) is 1.75. The number of rotatable bonds is 5. The number of hydrogen-bond acceptors (Lipinski definition) is 3. The van der Waals surface area contributed by atoms with E-state index in [1.807, 2.05) is 31.2 Å². The Labute approximate surface area is 138 Å². The maximum absolute atomic E-state index is 6.16. The van der Waals surface area contributed by atoms with Gasteiger partial charge >= 0.3 is 0 Å². The van der Waals surface area contributed by atoms with Gasteiger partial charge in [0.15, 0.2) is 0 Å². The van der Waals surface area contributed by atoms with Crippen molar-refractivity contribution in [2.45, 2.75) is 33.4 Å². The van der Waals surface area contributed by atoms with Crippen molar-refractivity contribution in [3.8, 4) is 11.6 Å². The lowest BCUT2D eigenvalue weighted by molar-refractivity contribution is 0.458. The molecule has 5 heteroatoms. The van der Waals surface area contributed by atoms with Crippen molar-refractivity contribution < 1.29 is 4.74 Å². The first-order valence-electron chi connectivity index (χ1n) is 6.78. The largest absolute Gasteiger partial charge is 0.439 e. The Kier molecular flexibility index (Phi) is 5.62. The quantitative estimate of drug-likeness (QED) is 0.796. The van der Waals surface area contributed by atoms with E-state index in [1.165, 1.54) is 0 Å². The van der Waals surface area contributed by atoms with Crippen molar-refractivity contribution in [3.05, 3.63) is 51.1 Å². The van der Waals surface area contributed by atoms with E-state index in [0.29, 0.717) is 23.5 Å². The summed E-state index contributed by atoms with van der Waals surface area (Å²) in [4.78, 5) is 4.46. The number of hydrogen-bond donors (Lipinski definition) is 1. The molecule has 2 rings (SSSR count). The molecule has 0 bridgehead atoms. The van der Waals surface area contributed by atoms with E-state index in [-0.39, 0.29) is 0 Å². The number of pyridine rings is 1. The van der Waals surface area contributed by atoms with Crippen LogP contribution in [0.5, 0.6) is 11.6 Å². The molecule has 0 unspecified atom stereocenters. The molecule has 112 valence electrons. The van der Waals surface area contributed by atoms with Crippen molar-refractivity contribution >= 4 is 27.5 Å². The molecule has 21 heavy (non-hydrogen) atoms. The smallest absolute Gasteiger partial charge is 0.219 e. The summed E-state index contributed by atoms with van der Waals surface area (Å²) in [6, 6.07) is 9.79. The molecule has 0 spiro atoms. The molecule has 0 atom stereocenters. The minimum atomic E-state index is 0.376. The number of benzene rings is 1. The van der Waals surface area contributed by atoms with Gasteiger partial charge in [-0.1, -0.05) is 41.4 Å². The van der Waals surface area contributed by atoms with Crippen molar-refractivity contribution in [1.29, 1.82) is 0 Å². The zero-order valence-electron chi connectivity index (χ0n) is 12.3. The summed E-state index contributed by atoms with van der Waals surface area (Å²) < 4.78 is 6.85. The number of nitrogens with one attached hydrogen (secondary N) is 1. The lowest BCUT2D eigenvalue weighted by Crippen LogP contribution is -2.22. The number of aromatic nitrogens is 1. The van der Waals surface area contributed by atoms with Gasteiger partial charge in [-0.2, -0.15) is 0 Å². The van der Waals surface area contributed by atoms with Crippen molar-refractivity contribution in [3.63, 3.8) is 0 Å². The molecule has 2 aromatic rings. The van der Waals surface area contributed by atoms with Gasteiger partial charge in [0.25, 0.3) is 0 Å². The Hall–Kier alpha value is -1.10. The minimum Gasteiger partial charge on any atom is -0.439 e. The minimum absolute atomic E-state index is 0.376. The zero-order chi connectivity index (χ0) is 15.4. The van der Waals surface area contributed by atoms with E-state index in [9.17, 15) is 0 Å². The van der Waals surface area contributed by atoms with E-state index < -0.39 is 0 Å². The first-order chi connectivity index (χ1) is 9.95. The molecule has 0 aliphatic carbocycles. The van der Waals surface area contributed by atoms with Gasteiger partial charge in [0.1, 0.15) is 5.75 Å². The summed E-state index contributed by atoms with van der Waals surface area (Å²) >= 11 is 9.64. The first-order valence-corrected chi connectivity index (χ1v) is 7.95.